The van der Waals surface area contributed by atoms with Gasteiger partial charge in [0, 0.05) is 0 Å². The van der Waals surface area contributed by atoms with Crippen LogP contribution in [0.15, 0.2) is 0 Å². The van der Waals surface area contributed by atoms with Crippen LogP contribution in [0.5, 0.6) is 0 Å². The number of ether oxygens (including phenoxy) is 1. The molecule has 2 N–H and O–H groups in total. The molecule has 2 rings (SSSR count). The summed E-state index contributed by atoms with van der Waals surface area (Å²) >= 11 is 0. The largest absolute Gasteiger partial charge is 0.444 e. The summed E-state index contributed by atoms with van der Waals surface area (Å²) in [5.41, 5.74) is -1.88. The van der Waals surface area contributed by atoms with Crippen LogP contribution in [0.25, 0.3) is 0 Å². The van der Waals surface area contributed by atoms with E-state index >= 15 is 0 Å². The lowest BCUT2D eigenvalue weighted by atomic mass is 10.2. The van der Waals surface area contributed by atoms with E-state index in [1.807, 2.05) is 0 Å². The molecule has 0 aromatic rings. The second-order valence-electron chi connectivity index (χ2n) is 7.59. The van der Waals surface area contributed by atoms with Crippen molar-refractivity contribution in [2.45, 2.75) is 69.8 Å². The number of carbonyl (C=O) groups is 2. The topological polar surface area (TPSA) is 102 Å². The summed E-state index contributed by atoms with van der Waals surface area (Å²) in [5.74, 6) is -0.818. The molecule has 2 aliphatic carbocycles. The van der Waals surface area contributed by atoms with E-state index in [-0.39, 0.29) is 5.92 Å². The van der Waals surface area contributed by atoms with Crippen molar-refractivity contribution in [3.8, 4) is 0 Å². The Morgan fingerprint density at radius 3 is 2.09 bits per heavy atom. The van der Waals surface area contributed by atoms with Crippen molar-refractivity contribution < 1.29 is 22.7 Å². The van der Waals surface area contributed by atoms with Gasteiger partial charge in [0.05, 0.1) is 4.75 Å². The highest BCUT2D eigenvalue weighted by atomic mass is 32.2. The molecule has 2 amide bonds. The second kappa shape index (κ2) is 4.84. The van der Waals surface area contributed by atoms with Crippen LogP contribution in [0.2, 0.25) is 0 Å². The van der Waals surface area contributed by atoms with Crippen LogP contribution in [0.1, 0.15) is 53.9 Å². The Hall–Kier alpha value is -1.31. The zero-order chi connectivity index (χ0) is 17.0. The number of hydrogen-bond acceptors (Lipinski definition) is 5. The third-order valence-corrected chi connectivity index (χ3v) is 6.43. The summed E-state index contributed by atoms with van der Waals surface area (Å²) in [6.45, 7) is 8.53. The molecule has 0 aliphatic heterocycles. The Kier molecular flexibility index (Phi) is 3.75. The van der Waals surface area contributed by atoms with E-state index in [2.05, 4.69) is 10.0 Å². The third-order valence-electron chi connectivity index (χ3n) is 4.27. The fourth-order valence-corrected chi connectivity index (χ4v) is 3.55. The molecule has 8 heteroatoms. The van der Waals surface area contributed by atoms with Crippen LogP contribution in [0.4, 0.5) is 4.79 Å². The van der Waals surface area contributed by atoms with Gasteiger partial charge in [-0.2, -0.15) is 0 Å². The fourth-order valence-electron chi connectivity index (χ4n) is 2.24. The summed E-state index contributed by atoms with van der Waals surface area (Å²) < 4.78 is 30.7. The first-order valence-electron chi connectivity index (χ1n) is 7.39. The summed E-state index contributed by atoms with van der Waals surface area (Å²) in [5, 5.41) is 2.53. The highest BCUT2D eigenvalue weighted by Crippen LogP contribution is 2.46. The number of rotatable bonds is 4. The average Bonchev–Trinajstić information content (AvgIpc) is 3.16. The van der Waals surface area contributed by atoms with Gasteiger partial charge in [0.1, 0.15) is 11.1 Å². The Bertz CT molecular complexity index is 603. The van der Waals surface area contributed by atoms with Crippen molar-refractivity contribution in [3.05, 3.63) is 0 Å². The summed E-state index contributed by atoms with van der Waals surface area (Å²) in [4.78, 5) is 24.2. The molecule has 0 bridgehead atoms. The molecule has 0 heterocycles. The highest BCUT2D eigenvalue weighted by molar-refractivity contribution is 7.91. The molecule has 2 fully saturated rings. The lowest BCUT2D eigenvalue weighted by Crippen LogP contribution is -2.54. The van der Waals surface area contributed by atoms with Crippen molar-refractivity contribution in [1.82, 2.24) is 10.0 Å². The lowest BCUT2D eigenvalue weighted by Gasteiger charge is -2.24. The highest BCUT2D eigenvalue weighted by Gasteiger charge is 2.61. The molecular formula is C14H24N2O5S. The van der Waals surface area contributed by atoms with Gasteiger partial charge in [0.2, 0.25) is 10.0 Å². The van der Waals surface area contributed by atoms with Crippen LogP contribution in [-0.2, 0) is 19.6 Å². The van der Waals surface area contributed by atoms with E-state index in [1.54, 1.807) is 34.6 Å². The molecule has 0 aromatic carbocycles. The Balaban J connectivity index is 2.05. The number of sulfonamides is 1. The molecule has 2 saturated carbocycles. The minimum absolute atomic E-state index is 0.137. The van der Waals surface area contributed by atoms with Gasteiger partial charge in [-0.05, 0) is 52.9 Å². The quantitative estimate of drug-likeness (QED) is 0.808. The first-order valence-corrected chi connectivity index (χ1v) is 8.88. The van der Waals surface area contributed by atoms with Crippen molar-refractivity contribution in [3.63, 3.8) is 0 Å². The lowest BCUT2D eigenvalue weighted by molar-refractivity contribution is -0.122. The average molecular weight is 332 g/mol. The van der Waals surface area contributed by atoms with E-state index in [0.717, 1.165) is 0 Å². The monoisotopic (exact) mass is 332 g/mol. The Morgan fingerprint density at radius 2 is 1.73 bits per heavy atom. The molecule has 0 unspecified atom stereocenters. The van der Waals surface area contributed by atoms with E-state index in [0.29, 0.717) is 19.3 Å². The first kappa shape index (κ1) is 17.1. The zero-order valence-electron chi connectivity index (χ0n) is 13.6. The van der Waals surface area contributed by atoms with Gasteiger partial charge in [0.25, 0.3) is 5.91 Å². The molecular weight excluding hydrogens is 308 g/mol. The van der Waals surface area contributed by atoms with Gasteiger partial charge in [-0.3, -0.25) is 9.52 Å². The molecule has 0 spiro atoms. The van der Waals surface area contributed by atoms with Crippen LogP contribution in [-0.4, -0.2) is 36.3 Å². The van der Waals surface area contributed by atoms with Crippen LogP contribution >= 0.6 is 0 Å². The molecule has 2 aliphatic rings. The molecule has 126 valence electrons. The summed E-state index contributed by atoms with van der Waals surface area (Å²) in [6.07, 6.45) is 0.752. The predicted octanol–water partition coefficient (Wildman–Crippen LogP) is 1.29. The van der Waals surface area contributed by atoms with Gasteiger partial charge < -0.3 is 10.1 Å². The van der Waals surface area contributed by atoms with Gasteiger partial charge in [-0.25, -0.2) is 13.2 Å². The number of alkyl carbamates (subject to hydrolysis) is 1. The molecule has 22 heavy (non-hydrogen) atoms. The van der Waals surface area contributed by atoms with Crippen molar-refractivity contribution in [1.29, 1.82) is 0 Å². The number of hydrogen-bond donors (Lipinski definition) is 2. The summed E-state index contributed by atoms with van der Waals surface area (Å²) in [7, 11) is -3.72. The van der Waals surface area contributed by atoms with E-state index in [1.165, 1.54) is 0 Å². The van der Waals surface area contributed by atoms with Gasteiger partial charge in [0.15, 0.2) is 0 Å². The fraction of sp³-hybridized carbons (Fsp3) is 0.857. The summed E-state index contributed by atoms with van der Waals surface area (Å²) in [6, 6.07) is 0. The Labute approximate surface area is 131 Å². The van der Waals surface area contributed by atoms with Gasteiger partial charge >= 0.3 is 6.09 Å². The smallest absolute Gasteiger partial charge is 0.408 e. The standard InChI is InChI=1S/C14H24N2O5S/c1-9-8-14(9,15-11(18)21-12(2,3)4)10(17)16-22(19,20)13(5)6-7-13/h9H,6-8H2,1-5H3,(H,15,18)(H,16,17)/t9-,14-/m1/s1. The van der Waals surface area contributed by atoms with Crippen molar-refractivity contribution in [2.24, 2.45) is 5.92 Å². The minimum atomic E-state index is -3.72. The zero-order valence-corrected chi connectivity index (χ0v) is 14.5. The number of amides is 2. The van der Waals surface area contributed by atoms with Gasteiger partial charge in [-0.15, -0.1) is 0 Å². The molecule has 2 atom stereocenters. The van der Waals surface area contributed by atoms with Crippen LogP contribution < -0.4 is 10.0 Å². The van der Waals surface area contributed by atoms with Crippen molar-refractivity contribution in [2.75, 3.05) is 0 Å². The maximum atomic E-state index is 12.4. The van der Waals surface area contributed by atoms with E-state index in [9.17, 15) is 18.0 Å². The molecule has 0 aromatic heterocycles. The maximum Gasteiger partial charge on any atom is 0.408 e. The van der Waals surface area contributed by atoms with Crippen LogP contribution in [0.3, 0.4) is 0 Å². The molecule has 0 radical (unpaired) electrons. The Morgan fingerprint density at radius 1 is 1.23 bits per heavy atom. The predicted molar refractivity (Wildman–Crippen MR) is 80.6 cm³/mol. The SMILES string of the molecule is C[C@@H]1C[C@]1(NC(=O)OC(C)(C)C)C(=O)NS(=O)(=O)C1(C)CC1. The second-order valence-corrected chi connectivity index (χ2v) is 9.78. The minimum Gasteiger partial charge on any atom is -0.444 e. The maximum absolute atomic E-state index is 12.4. The normalized spacial score (nSPS) is 29.4. The number of carbonyl (C=O) groups excluding carboxylic acids is 2. The first-order chi connectivity index (χ1) is 9.81. The van der Waals surface area contributed by atoms with Gasteiger partial charge in [-0.1, -0.05) is 6.92 Å². The molecule has 0 saturated heterocycles. The number of nitrogens with one attached hydrogen (secondary N) is 2. The van der Waals surface area contributed by atoms with Crippen molar-refractivity contribution >= 4 is 22.0 Å². The van der Waals surface area contributed by atoms with E-state index in [4.69, 9.17) is 4.74 Å². The van der Waals surface area contributed by atoms with E-state index < -0.39 is 37.9 Å². The van der Waals surface area contributed by atoms with Crippen LogP contribution in [0, 0.1) is 5.92 Å². The third kappa shape index (κ3) is 3.21. The molecule has 7 nitrogen and oxygen atoms in total.